The Kier molecular flexibility index (Phi) is 6.54. The normalized spacial score (nSPS) is 27.8. The van der Waals surface area contributed by atoms with Crippen molar-refractivity contribution in [3.8, 4) is 0 Å². The first-order valence-corrected chi connectivity index (χ1v) is 9.81. The van der Waals surface area contributed by atoms with Crippen molar-refractivity contribution in [1.82, 2.24) is 0 Å². The molecule has 0 amide bonds. The topological polar surface area (TPSA) is 9.23 Å². The molecule has 1 aliphatic rings. The van der Waals surface area contributed by atoms with E-state index in [1.807, 2.05) is 0 Å². The van der Waals surface area contributed by atoms with Crippen LogP contribution in [0.1, 0.15) is 57.3 Å². The van der Waals surface area contributed by atoms with Crippen LogP contribution in [0, 0.1) is 24.7 Å². The minimum Gasteiger partial charge on any atom is -0.369 e. The van der Waals surface area contributed by atoms with E-state index in [4.69, 9.17) is 4.74 Å². The first-order chi connectivity index (χ1) is 10.0. The fraction of sp³-hybridized carbons (Fsp3) is 0.684. The van der Waals surface area contributed by atoms with Crippen LogP contribution in [0.25, 0.3) is 0 Å². The molecule has 0 aliphatic heterocycles. The van der Waals surface area contributed by atoms with E-state index in [9.17, 15) is 0 Å². The Balaban J connectivity index is 2.11. The summed E-state index contributed by atoms with van der Waals surface area (Å²) < 4.78 is 7.64. The number of aryl methyl sites for hydroxylation is 1. The lowest BCUT2D eigenvalue weighted by Gasteiger charge is -2.39. The van der Waals surface area contributed by atoms with Crippen molar-refractivity contribution in [3.63, 3.8) is 0 Å². The van der Waals surface area contributed by atoms with E-state index >= 15 is 0 Å². The van der Waals surface area contributed by atoms with E-state index < -0.39 is 0 Å². The van der Waals surface area contributed by atoms with Crippen LogP contribution < -0.4 is 0 Å². The molecule has 1 aliphatic carbocycles. The van der Waals surface area contributed by atoms with E-state index in [0.29, 0.717) is 6.10 Å². The Morgan fingerprint density at radius 2 is 2.05 bits per heavy atom. The number of hydrogen-bond donors (Lipinski definition) is 0. The highest BCUT2D eigenvalue weighted by molar-refractivity contribution is 14.1. The molecule has 0 aromatic heterocycles. The smallest absolute Gasteiger partial charge is 0.0918 e. The summed E-state index contributed by atoms with van der Waals surface area (Å²) in [5, 5.41) is 0. The molecule has 1 nitrogen and oxygen atoms in total. The predicted octanol–water partition coefficient (Wildman–Crippen LogP) is 5.95. The van der Waals surface area contributed by atoms with Crippen molar-refractivity contribution in [2.75, 3.05) is 4.43 Å². The van der Waals surface area contributed by atoms with Gasteiger partial charge in [-0.1, -0.05) is 79.6 Å². The molecule has 0 spiro atoms. The SMILES string of the molecule is Cc1cccc(C(CI)OC2CC(C)CCC2C(C)C)c1. The maximum atomic E-state index is 6.62. The monoisotopic (exact) mass is 400 g/mol. The summed E-state index contributed by atoms with van der Waals surface area (Å²) in [4.78, 5) is 0. The van der Waals surface area contributed by atoms with Gasteiger partial charge in [0.05, 0.1) is 12.2 Å². The number of hydrogen-bond acceptors (Lipinski definition) is 1. The molecule has 1 saturated carbocycles. The lowest BCUT2D eigenvalue weighted by atomic mass is 9.75. The van der Waals surface area contributed by atoms with Gasteiger partial charge < -0.3 is 4.74 Å². The molecule has 0 bridgehead atoms. The molecule has 21 heavy (non-hydrogen) atoms. The molecule has 0 N–H and O–H groups in total. The lowest BCUT2D eigenvalue weighted by Crippen LogP contribution is -2.35. The highest BCUT2D eigenvalue weighted by Crippen LogP contribution is 2.38. The van der Waals surface area contributed by atoms with Crippen LogP contribution in [0.5, 0.6) is 0 Å². The van der Waals surface area contributed by atoms with Gasteiger partial charge in [-0.2, -0.15) is 0 Å². The maximum Gasteiger partial charge on any atom is 0.0918 e. The quantitative estimate of drug-likeness (QED) is 0.439. The van der Waals surface area contributed by atoms with Crippen LogP contribution in [-0.2, 0) is 4.74 Å². The Bertz CT molecular complexity index is 443. The zero-order valence-corrected chi connectivity index (χ0v) is 16.0. The van der Waals surface area contributed by atoms with E-state index in [1.165, 1.54) is 30.4 Å². The summed E-state index contributed by atoms with van der Waals surface area (Å²) in [6.45, 7) is 9.23. The first-order valence-electron chi connectivity index (χ1n) is 8.29. The molecule has 0 heterocycles. The van der Waals surface area contributed by atoms with Crippen LogP contribution in [-0.4, -0.2) is 10.5 Å². The third kappa shape index (κ3) is 4.69. The summed E-state index contributed by atoms with van der Waals surface area (Å²) in [5.41, 5.74) is 2.66. The zero-order valence-electron chi connectivity index (χ0n) is 13.8. The molecule has 2 rings (SSSR count). The molecule has 2 heteroatoms. The van der Waals surface area contributed by atoms with Crippen LogP contribution >= 0.6 is 22.6 Å². The van der Waals surface area contributed by atoms with Crippen molar-refractivity contribution < 1.29 is 4.74 Å². The van der Waals surface area contributed by atoms with Crippen molar-refractivity contribution >= 4 is 22.6 Å². The number of ether oxygens (including phenoxy) is 1. The standard InChI is InChI=1S/C19H29IO/c1-13(2)17-9-8-15(4)11-18(17)21-19(12-20)16-7-5-6-14(3)10-16/h5-7,10,13,15,17-19H,8-9,11-12H2,1-4H3. The minimum absolute atomic E-state index is 0.238. The zero-order chi connectivity index (χ0) is 15.4. The number of halogens is 1. The highest BCUT2D eigenvalue weighted by atomic mass is 127. The molecular weight excluding hydrogens is 371 g/mol. The Morgan fingerprint density at radius 1 is 1.29 bits per heavy atom. The Morgan fingerprint density at radius 3 is 2.67 bits per heavy atom. The van der Waals surface area contributed by atoms with E-state index in [0.717, 1.165) is 22.2 Å². The number of alkyl halides is 1. The van der Waals surface area contributed by atoms with Crippen LogP contribution in [0.2, 0.25) is 0 Å². The second kappa shape index (κ2) is 7.96. The van der Waals surface area contributed by atoms with Gasteiger partial charge in [-0.3, -0.25) is 0 Å². The highest BCUT2D eigenvalue weighted by Gasteiger charge is 2.33. The number of rotatable bonds is 5. The van der Waals surface area contributed by atoms with Gasteiger partial charge >= 0.3 is 0 Å². The maximum absolute atomic E-state index is 6.62. The van der Waals surface area contributed by atoms with Gasteiger partial charge in [-0.15, -0.1) is 0 Å². The average molecular weight is 400 g/mol. The van der Waals surface area contributed by atoms with Gasteiger partial charge in [-0.05, 0) is 43.1 Å². The molecule has 4 atom stereocenters. The summed E-state index contributed by atoms with van der Waals surface area (Å²) in [5.74, 6) is 2.24. The van der Waals surface area contributed by atoms with Crippen molar-refractivity contribution in [3.05, 3.63) is 35.4 Å². The van der Waals surface area contributed by atoms with Gasteiger partial charge in [0, 0.05) is 4.43 Å². The third-order valence-corrected chi connectivity index (χ3v) is 5.65. The van der Waals surface area contributed by atoms with E-state index in [1.54, 1.807) is 0 Å². The minimum atomic E-state index is 0.238. The second-order valence-electron chi connectivity index (χ2n) is 7.06. The third-order valence-electron chi connectivity index (χ3n) is 4.85. The van der Waals surface area contributed by atoms with E-state index in [2.05, 4.69) is 74.6 Å². The summed E-state index contributed by atoms with van der Waals surface area (Å²) in [6, 6.07) is 8.80. The lowest BCUT2D eigenvalue weighted by molar-refractivity contribution is -0.0727. The fourth-order valence-corrected chi connectivity index (χ4v) is 4.27. The molecular formula is C19H29IO. The molecule has 0 saturated heterocycles. The van der Waals surface area contributed by atoms with Crippen molar-refractivity contribution in [1.29, 1.82) is 0 Å². The summed E-state index contributed by atoms with van der Waals surface area (Å²) >= 11 is 2.47. The Labute approximate surface area is 144 Å². The van der Waals surface area contributed by atoms with Gasteiger partial charge in [0.25, 0.3) is 0 Å². The van der Waals surface area contributed by atoms with Gasteiger partial charge in [0.1, 0.15) is 0 Å². The van der Waals surface area contributed by atoms with Gasteiger partial charge in [-0.25, -0.2) is 0 Å². The molecule has 1 aromatic rings. The predicted molar refractivity (Wildman–Crippen MR) is 99.0 cm³/mol. The van der Waals surface area contributed by atoms with E-state index in [-0.39, 0.29) is 6.10 Å². The molecule has 118 valence electrons. The first kappa shape index (κ1) is 17.3. The average Bonchev–Trinajstić information content (AvgIpc) is 2.44. The van der Waals surface area contributed by atoms with Crippen molar-refractivity contribution in [2.45, 2.75) is 59.2 Å². The van der Waals surface area contributed by atoms with Gasteiger partial charge in [0.15, 0.2) is 0 Å². The molecule has 0 radical (unpaired) electrons. The largest absolute Gasteiger partial charge is 0.369 e. The summed E-state index contributed by atoms with van der Waals surface area (Å²) in [6.07, 6.45) is 4.57. The number of benzene rings is 1. The van der Waals surface area contributed by atoms with Crippen molar-refractivity contribution in [2.24, 2.45) is 17.8 Å². The van der Waals surface area contributed by atoms with Crippen LogP contribution in [0.4, 0.5) is 0 Å². The van der Waals surface area contributed by atoms with Gasteiger partial charge in [0.2, 0.25) is 0 Å². The van der Waals surface area contributed by atoms with Crippen LogP contribution in [0.3, 0.4) is 0 Å². The molecule has 1 fully saturated rings. The fourth-order valence-electron chi connectivity index (χ4n) is 3.56. The molecule has 4 unspecified atom stereocenters. The van der Waals surface area contributed by atoms with Crippen LogP contribution in [0.15, 0.2) is 24.3 Å². The molecule has 1 aromatic carbocycles. The summed E-state index contributed by atoms with van der Waals surface area (Å²) in [7, 11) is 0. The second-order valence-corrected chi connectivity index (χ2v) is 7.94. The Hall–Kier alpha value is -0.0900.